The normalized spacial score (nSPS) is 11.5. The number of benzene rings is 16. The minimum absolute atomic E-state index is 0.529. The van der Waals surface area contributed by atoms with Gasteiger partial charge in [0.15, 0.2) is 52.4 Å². The van der Waals surface area contributed by atoms with Gasteiger partial charge in [0.2, 0.25) is 0 Å². The largest absolute Gasteiger partial charge is 0.456 e. The molecule has 0 aliphatic rings. The first kappa shape index (κ1) is 69.3. The van der Waals surface area contributed by atoms with E-state index in [0.29, 0.717) is 52.4 Å². The van der Waals surface area contributed by atoms with Crippen LogP contribution in [0.1, 0.15) is 0 Å². The fraction of sp³-hybridized carbons (Fsp3) is 0. The van der Waals surface area contributed by atoms with Crippen molar-refractivity contribution in [1.82, 2.24) is 44.9 Å². The fourth-order valence-electron chi connectivity index (χ4n) is 15.9. The van der Waals surface area contributed by atoms with E-state index in [0.717, 1.165) is 182 Å². The van der Waals surface area contributed by atoms with Crippen molar-refractivity contribution in [3.8, 4) is 125 Å². The Balaban J connectivity index is 0.000000108. The molecule has 0 radical (unpaired) electrons. The van der Waals surface area contributed by atoms with Gasteiger partial charge in [0, 0.05) is 104 Å². The molecule has 0 saturated heterocycles. The van der Waals surface area contributed by atoms with Gasteiger partial charge in [-0.15, -0.1) is 0 Å². The van der Waals surface area contributed by atoms with Gasteiger partial charge in [-0.3, -0.25) is 0 Å². The van der Waals surface area contributed by atoms with Crippen molar-refractivity contribution in [2.75, 3.05) is 0 Å². The minimum Gasteiger partial charge on any atom is -0.456 e. The van der Waals surface area contributed by atoms with Crippen molar-refractivity contribution in [2.24, 2.45) is 0 Å². The molecule has 16 aromatic carbocycles. The summed E-state index contributed by atoms with van der Waals surface area (Å²) in [5.74, 6) is 5.53. The first-order valence-electron chi connectivity index (χ1n) is 39.2. The van der Waals surface area contributed by atoms with Crippen LogP contribution in [0.25, 0.3) is 234 Å². The lowest BCUT2D eigenvalue weighted by Crippen LogP contribution is -2.00. The number of para-hydroxylation sites is 7. The molecule has 0 aliphatic carbocycles. The van der Waals surface area contributed by atoms with Gasteiger partial charge < -0.3 is 22.1 Å². The molecule has 0 amide bonds. The number of rotatable bonds is 11. The smallest absolute Gasteiger partial charge is 0.167 e. The Hall–Kier alpha value is -16.5. The summed E-state index contributed by atoms with van der Waals surface area (Å²) in [6.45, 7) is 0. The summed E-state index contributed by atoms with van der Waals surface area (Å²) in [6.07, 6.45) is 0. The van der Waals surface area contributed by atoms with E-state index in [9.17, 15) is 0 Å². The van der Waals surface area contributed by atoms with Gasteiger partial charge in [-0.2, -0.15) is 0 Å². The molecule has 0 saturated carbocycles. The van der Waals surface area contributed by atoms with Gasteiger partial charge in [-0.05, 0) is 89.5 Å². The molecule has 8 aromatic heterocycles. The highest BCUT2D eigenvalue weighted by Gasteiger charge is 2.23. The second-order valence-corrected chi connectivity index (χ2v) is 29.0. The third kappa shape index (κ3) is 13.0. The molecule has 0 spiro atoms. The van der Waals surface area contributed by atoms with E-state index in [2.05, 4.69) is 121 Å². The predicted molar refractivity (Wildman–Crippen MR) is 476 cm³/mol. The molecule has 0 unspecified atom stereocenters. The third-order valence-corrected chi connectivity index (χ3v) is 21.7. The van der Waals surface area contributed by atoms with Crippen LogP contribution < -0.4 is 0 Å². The highest BCUT2D eigenvalue weighted by molar-refractivity contribution is 6.14. The topological polar surface area (TPSA) is 182 Å². The average molecular weight is 1530 g/mol. The Morgan fingerprint density at radius 1 is 0.134 bits per heavy atom. The number of furan rings is 5. The Morgan fingerprint density at radius 2 is 0.403 bits per heavy atom. The zero-order chi connectivity index (χ0) is 78.7. The molecule has 0 fully saturated rings. The van der Waals surface area contributed by atoms with E-state index < -0.39 is 0 Å². The van der Waals surface area contributed by atoms with E-state index >= 15 is 0 Å². The van der Waals surface area contributed by atoms with E-state index in [1.807, 2.05) is 261 Å². The summed E-state index contributed by atoms with van der Waals surface area (Å²) < 4.78 is 31.0. The molecule has 558 valence electrons. The number of hydrogen-bond donors (Lipinski definition) is 0. The zero-order valence-electron chi connectivity index (χ0n) is 63.4. The van der Waals surface area contributed by atoms with Gasteiger partial charge in [0.1, 0.15) is 55.8 Å². The highest BCUT2D eigenvalue weighted by atomic mass is 16.3. The lowest BCUT2D eigenvalue weighted by molar-refractivity contribution is 0.668. The van der Waals surface area contributed by atoms with Crippen LogP contribution in [-0.4, -0.2) is 44.9 Å². The molecule has 119 heavy (non-hydrogen) atoms. The van der Waals surface area contributed by atoms with Gasteiger partial charge >= 0.3 is 0 Å². The van der Waals surface area contributed by atoms with Crippen LogP contribution in [0.4, 0.5) is 0 Å². The summed E-state index contributed by atoms with van der Waals surface area (Å²) in [5, 5.41) is 10.7. The average Bonchev–Trinajstić information content (AvgIpc) is 1.66. The predicted octanol–water partition coefficient (Wildman–Crippen LogP) is 27.4. The SMILES string of the molecule is c1ccc(-c2nc(-c3ccccc3)nc(-c3ccc(-c4cccc5c4oc4ccccc45)cc3)n2)cc1.c1ccc(-c2nc(-c3ccccc3)nc(-c3ccc(-c4cccc5oc6ccccc6c45)cc3)n2)cc1.c1ccc2c(c1)oc1cc(-c3nc(-c4ccc5oc6ccccc6c5c4)nc(-c4cccc5c4oc4ccccc45)n3)ccc12. The molecule has 14 heteroatoms. The summed E-state index contributed by atoms with van der Waals surface area (Å²) in [4.78, 5) is 44.1. The molecule has 0 N–H and O–H groups in total. The lowest BCUT2D eigenvalue weighted by atomic mass is 9.98. The van der Waals surface area contributed by atoms with Gasteiger partial charge in [0.25, 0.3) is 0 Å². The van der Waals surface area contributed by atoms with Crippen LogP contribution in [0.2, 0.25) is 0 Å². The van der Waals surface area contributed by atoms with Crippen molar-refractivity contribution >= 4 is 110 Å². The molecule has 8 heterocycles. The molecule has 0 bridgehead atoms. The van der Waals surface area contributed by atoms with Gasteiger partial charge in [0.05, 0.1) is 5.56 Å². The van der Waals surface area contributed by atoms with E-state index in [-0.39, 0.29) is 0 Å². The maximum absolute atomic E-state index is 6.39. The Labute approximate surface area is 679 Å². The quantitative estimate of drug-likeness (QED) is 0.119. The van der Waals surface area contributed by atoms with Crippen LogP contribution in [0, 0.1) is 0 Å². The number of aromatic nitrogens is 9. The van der Waals surface area contributed by atoms with Crippen LogP contribution in [0.3, 0.4) is 0 Å². The second-order valence-electron chi connectivity index (χ2n) is 29.0. The van der Waals surface area contributed by atoms with Crippen LogP contribution in [0.15, 0.2) is 404 Å². The molecular weight excluding hydrogens is 1470 g/mol. The fourth-order valence-corrected chi connectivity index (χ4v) is 15.9. The molecule has 14 nitrogen and oxygen atoms in total. The summed E-state index contributed by atoms with van der Waals surface area (Å²) >= 11 is 0. The van der Waals surface area contributed by atoms with E-state index in [1.165, 1.54) is 0 Å². The molecule has 24 rings (SSSR count). The number of hydrogen-bond acceptors (Lipinski definition) is 14. The number of fused-ring (bicyclic) bond motifs is 15. The Kier molecular flexibility index (Phi) is 17.2. The third-order valence-electron chi connectivity index (χ3n) is 21.7. The van der Waals surface area contributed by atoms with Crippen molar-refractivity contribution in [3.05, 3.63) is 382 Å². The lowest BCUT2D eigenvalue weighted by Gasteiger charge is -2.09. The maximum atomic E-state index is 6.39. The summed E-state index contributed by atoms with van der Waals surface area (Å²) in [5.41, 5.74) is 21.0. The first-order valence-corrected chi connectivity index (χ1v) is 39.2. The van der Waals surface area contributed by atoms with E-state index in [1.54, 1.807) is 0 Å². The molecule has 0 aliphatic heterocycles. The van der Waals surface area contributed by atoms with Crippen molar-refractivity contribution < 1.29 is 22.1 Å². The highest BCUT2D eigenvalue weighted by Crippen LogP contribution is 2.43. The second kappa shape index (κ2) is 29.5. The zero-order valence-corrected chi connectivity index (χ0v) is 63.4. The monoisotopic (exact) mass is 1530 g/mol. The minimum atomic E-state index is 0.529. The first-order chi connectivity index (χ1) is 58.9. The van der Waals surface area contributed by atoms with Crippen LogP contribution in [-0.2, 0) is 0 Å². The van der Waals surface area contributed by atoms with E-state index in [4.69, 9.17) is 66.9 Å². The Bertz CT molecular complexity index is 7860. The van der Waals surface area contributed by atoms with Crippen molar-refractivity contribution in [1.29, 1.82) is 0 Å². The van der Waals surface area contributed by atoms with Crippen LogP contribution >= 0.6 is 0 Å². The van der Waals surface area contributed by atoms with Crippen molar-refractivity contribution in [2.45, 2.75) is 0 Å². The number of nitrogens with zero attached hydrogens (tertiary/aromatic N) is 9. The van der Waals surface area contributed by atoms with Crippen LogP contribution in [0.5, 0.6) is 0 Å². The molecular formula is C105H63N9O5. The van der Waals surface area contributed by atoms with Crippen molar-refractivity contribution in [3.63, 3.8) is 0 Å². The standard InChI is InChI=1S/C39H21N3O3.2C33H21N3O/c1-4-13-31-24(8-1)27-18-16-23(21-35(27)44-31)38-40-37(22-17-19-34-30(20-22)26-10-3-5-14-32(26)43-34)41-39(42-38)29-12-7-11-28-25-9-2-6-15-33(25)45-36(28)29;1-3-10-23(11-4-1)31-34-32(24-12-5-2-6-13-24)36-33(35-31)25-20-18-22(19-21-25)26-15-9-16-28-27-14-7-8-17-29(27)37-30(26)28;1-3-10-23(11-4-1)31-34-32(24-12-5-2-6-13-24)36-33(35-31)25-20-18-22(19-21-25)26-15-9-17-29-30(26)27-14-7-8-16-28(27)37-29/h1-21H;2*1-21H. The summed E-state index contributed by atoms with van der Waals surface area (Å²) in [7, 11) is 0. The molecule has 24 aromatic rings. The van der Waals surface area contributed by atoms with Gasteiger partial charge in [-0.25, -0.2) is 44.9 Å². The van der Waals surface area contributed by atoms with Gasteiger partial charge in [-0.1, -0.05) is 309 Å². The Morgan fingerprint density at radius 3 is 0.882 bits per heavy atom. The maximum Gasteiger partial charge on any atom is 0.167 e. The summed E-state index contributed by atoms with van der Waals surface area (Å²) in [6, 6.07) is 128. The molecule has 0 atom stereocenters.